The lowest BCUT2D eigenvalue weighted by molar-refractivity contribution is 0.354. The van der Waals surface area contributed by atoms with E-state index >= 15 is 0 Å². The Morgan fingerprint density at radius 2 is 2.10 bits per heavy atom. The quantitative estimate of drug-likeness (QED) is 0.875. The van der Waals surface area contributed by atoms with Gasteiger partial charge in [0.1, 0.15) is 5.75 Å². The number of fused-ring (bicyclic) bond motifs is 1. The van der Waals surface area contributed by atoms with Crippen molar-refractivity contribution in [2.45, 2.75) is 19.9 Å². The maximum Gasteiger partial charge on any atom is 0.127 e. The molecule has 0 atom stereocenters. The van der Waals surface area contributed by atoms with Crippen LogP contribution < -0.4 is 10.1 Å². The lowest BCUT2D eigenvalue weighted by atomic mass is 10.1. The molecule has 0 saturated carbocycles. The molecule has 1 heterocycles. The summed E-state index contributed by atoms with van der Waals surface area (Å²) in [4.78, 5) is 0. The first kappa shape index (κ1) is 13.6. The van der Waals surface area contributed by atoms with Crippen LogP contribution in [0.2, 0.25) is 10.0 Å². The Morgan fingerprint density at radius 3 is 2.95 bits per heavy atom. The highest BCUT2D eigenvalue weighted by molar-refractivity contribution is 6.31. The number of rotatable bonds is 3. The molecule has 0 radical (unpaired) electrons. The third kappa shape index (κ3) is 2.58. The molecule has 2 nitrogen and oxygen atoms in total. The first-order valence-electron chi connectivity index (χ1n) is 6.58. The highest BCUT2D eigenvalue weighted by Crippen LogP contribution is 2.33. The van der Waals surface area contributed by atoms with Gasteiger partial charge in [-0.1, -0.05) is 29.3 Å². The third-order valence-electron chi connectivity index (χ3n) is 3.56. The summed E-state index contributed by atoms with van der Waals surface area (Å²) < 4.78 is 5.70. The summed E-state index contributed by atoms with van der Waals surface area (Å²) in [5.74, 6) is 0.974. The van der Waals surface area contributed by atoms with Crippen LogP contribution in [0.25, 0.3) is 0 Å². The van der Waals surface area contributed by atoms with E-state index in [0.717, 1.165) is 45.6 Å². The Labute approximate surface area is 128 Å². The van der Waals surface area contributed by atoms with Crippen molar-refractivity contribution in [3.8, 4) is 5.75 Å². The van der Waals surface area contributed by atoms with Gasteiger partial charge in [0.05, 0.1) is 6.61 Å². The molecule has 0 fully saturated rings. The average Bonchev–Trinajstić information content (AvgIpc) is 2.88. The molecule has 1 aliphatic rings. The predicted octanol–water partition coefficient (Wildman–Crippen LogP) is 4.85. The number of hydrogen-bond acceptors (Lipinski definition) is 2. The fourth-order valence-corrected chi connectivity index (χ4v) is 2.90. The summed E-state index contributed by atoms with van der Waals surface area (Å²) in [6, 6.07) is 9.79. The van der Waals surface area contributed by atoms with Crippen LogP contribution in [0.3, 0.4) is 0 Å². The SMILES string of the molecule is Cc1c(Cl)cccc1NCc1cc(Cl)cc2c1OCC2. The van der Waals surface area contributed by atoms with Crippen molar-refractivity contribution >= 4 is 28.9 Å². The molecule has 104 valence electrons. The van der Waals surface area contributed by atoms with Crippen LogP contribution in [0.5, 0.6) is 5.75 Å². The van der Waals surface area contributed by atoms with Gasteiger partial charge in [-0.3, -0.25) is 0 Å². The summed E-state index contributed by atoms with van der Waals surface area (Å²) in [6.07, 6.45) is 0.930. The van der Waals surface area contributed by atoms with Crippen LogP contribution in [0.1, 0.15) is 16.7 Å². The topological polar surface area (TPSA) is 21.3 Å². The zero-order valence-corrected chi connectivity index (χ0v) is 12.7. The fraction of sp³-hybridized carbons (Fsp3) is 0.250. The van der Waals surface area contributed by atoms with Crippen molar-refractivity contribution in [3.63, 3.8) is 0 Å². The van der Waals surface area contributed by atoms with E-state index in [1.54, 1.807) is 0 Å². The van der Waals surface area contributed by atoms with Gasteiger partial charge in [-0.25, -0.2) is 0 Å². The van der Waals surface area contributed by atoms with Crippen LogP contribution in [-0.4, -0.2) is 6.61 Å². The number of benzene rings is 2. The van der Waals surface area contributed by atoms with Gasteiger partial charge in [-0.05, 0) is 42.3 Å². The lowest BCUT2D eigenvalue weighted by Crippen LogP contribution is -2.03. The highest BCUT2D eigenvalue weighted by atomic mass is 35.5. The van der Waals surface area contributed by atoms with E-state index in [2.05, 4.69) is 5.32 Å². The Kier molecular flexibility index (Phi) is 3.77. The maximum absolute atomic E-state index is 6.16. The molecular formula is C16H15Cl2NO. The molecule has 0 unspecified atom stereocenters. The molecule has 0 aliphatic carbocycles. The summed E-state index contributed by atoms with van der Waals surface area (Å²) in [5.41, 5.74) is 4.36. The zero-order chi connectivity index (χ0) is 14.1. The Balaban J connectivity index is 1.84. The van der Waals surface area contributed by atoms with Gasteiger partial charge in [-0.15, -0.1) is 0 Å². The van der Waals surface area contributed by atoms with Crippen molar-refractivity contribution in [2.75, 3.05) is 11.9 Å². The van der Waals surface area contributed by atoms with Crippen LogP contribution >= 0.6 is 23.2 Å². The van der Waals surface area contributed by atoms with E-state index in [9.17, 15) is 0 Å². The van der Waals surface area contributed by atoms with E-state index in [4.69, 9.17) is 27.9 Å². The van der Waals surface area contributed by atoms with Crippen molar-refractivity contribution < 1.29 is 4.74 Å². The standard InChI is InChI=1S/C16H15Cl2NO/c1-10-14(18)3-2-4-15(10)19-9-12-8-13(17)7-11-5-6-20-16(11)12/h2-4,7-8,19H,5-6,9H2,1H3. The second kappa shape index (κ2) is 5.55. The van der Waals surface area contributed by atoms with Crippen LogP contribution in [0.15, 0.2) is 30.3 Å². The first-order chi connectivity index (χ1) is 9.65. The van der Waals surface area contributed by atoms with Gasteiger partial charge >= 0.3 is 0 Å². The minimum absolute atomic E-state index is 0.671. The van der Waals surface area contributed by atoms with Crippen molar-refractivity contribution in [3.05, 3.63) is 57.1 Å². The molecule has 1 aliphatic heterocycles. The molecule has 0 aromatic heterocycles. The number of hydrogen-bond donors (Lipinski definition) is 1. The van der Waals surface area contributed by atoms with E-state index in [-0.39, 0.29) is 0 Å². The second-order valence-electron chi connectivity index (χ2n) is 4.92. The average molecular weight is 308 g/mol. The van der Waals surface area contributed by atoms with E-state index < -0.39 is 0 Å². The van der Waals surface area contributed by atoms with Gasteiger partial charge in [-0.2, -0.15) is 0 Å². The van der Waals surface area contributed by atoms with Crippen LogP contribution in [0, 0.1) is 6.92 Å². The minimum atomic E-state index is 0.671. The maximum atomic E-state index is 6.16. The van der Waals surface area contributed by atoms with Gasteiger partial charge in [0.15, 0.2) is 0 Å². The fourth-order valence-electron chi connectivity index (χ4n) is 2.47. The van der Waals surface area contributed by atoms with Crippen LogP contribution in [0.4, 0.5) is 5.69 Å². The van der Waals surface area contributed by atoms with E-state index in [1.807, 2.05) is 37.3 Å². The molecule has 0 saturated heterocycles. The molecule has 2 aromatic carbocycles. The lowest BCUT2D eigenvalue weighted by Gasteiger charge is -2.13. The minimum Gasteiger partial charge on any atom is -0.493 e. The predicted molar refractivity (Wildman–Crippen MR) is 84.2 cm³/mol. The summed E-state index contributed by atoms with van der Waals surface area (Å²) in [6.45, 7) is 3.41. The first-order valence-corrected chi connectivity index (χ1v) is 7.34. The van der Waals surface area contributed by atoms with E-state index in [1.165, 1.54) is 5.56 Å². The normalized spacial score (nSPS) is 12.9. The highest BCUT2D eigenvalue weighted by Gasteiger charge is 2.17. The number of anilines is 1. The summed E-state index contributed by atoms with van der Waals surface area (Å²) in [7, 11) is 0. The zero-order valence-electron chi connectivity index (χ0n) is 11.2. The van der Waals surface area contributed by atoms with Crippen molar-refractivity contribution in [2.24, 2.45) is 0 Å². The monoisotopic (exact) mass is 307 g/mol. The van der Waals surface area contributed by atoms with Gasteiger partial charge in [0.25, 0.3) is 0 Å². The van der Waals surface area contributed by atoms with Gasteiger partial charge in [0, 0.05) is 34.3 Å². The summed E-state index contributed by atoms with van der Waals surface area (Å²) >= 11 is 12.3. The van der Waals surface area contributed by atoms with Gasteiger partial charge in [0.2, 0.25) is 0 Å². The largest absolute Gasteiger partial charge is 0.493 e. The number of ether oxygens (including phenoxy) is 1. The molecule has 20 heavy (non-hydrogen) atoms. The number of nitrogens with one attached hydrogen (secondary N) is 1. The van der Waals surface area contributed by atoms with Crippen LogP contribution in [-0.2, 0) is 13.0 Å². The van der Waals surface area contributed by atoms with Crippen molar-refractivity contribution in [1.29, 1.82) is 0 Å². The summed E-state index contributed by atoms with van der Waals surface area (Å²) in [5, 5.41) is 4.93. The van der Waals surface area contributed by atoms with E-state index in [0.29, 0.717) is 6.54 Å². The van der Waals surface area contributed by atoms with Crippen molar-refractivity contribution in [1.82, 2.24) is 0 Å². The molecule has 1 N–H and O–H groups in total. The molecule has 0 amide bonds. The molecular weight excluding hydrogens is 293 g/mol. The third-order valence-corrected chi connectivity index (χ3v) is 4.19. The number of halogens is 2. The molecule has 0 bridgehead atoms. The smallest absolute Gasteiger partial charge is 0.127 e. The molecule has 2 aromatic rings. The Morgan fingerprint density at radius 1 is 1.25 bits per heavy atom. The Hall–Kier alpha value is -1.38. The molecule has 0 spiro atoms. The molecule has 3 rings (SSSR count). The van der Waals surface area contributed by atoms with Gasteiger partial charge < -0.3 is 10.1 Å². The Bertz CT molecular complexity index is 655. The second-order valence-corrected chi connectivity index (χ2v) is 5.76. The molecule has 4 heteroatoms.